The van der Waals surface area contributed by atoms with Crippen LogP contribution in [0, 0.1) is 0 Å². The Morgan fingerprint density at radius 3 is 2.75 bits per heavy atom. The first-order valence-electron chi connectivity index (χ1n) is 7.45. The van der Waals surface area contributed by atoms with E-state index in [4.69, 9.17) is 23.7 Å². The van der Waals surface area contributed by atoms with E-state index >= 15 is 0 Å². The van der Waals surface area contributed by atoms with Crippen molar-refractivity contribution in [2.75, 3.05) is 26.8 Å². The molecule has 3 aliphatic heterocycles. The smallest absolute Gasteiger partial charge is 0.186 e. The Labute approximate surface area is 120 Å². The van der Waals surface area contributed by atoms with Crippen molar-refractivity contribution in [2.24, 2.45) is 0 Å². The van der Waals surface area contributed by atoms with Gasteiger partial charge in [-0.1, -0.05) is 0 Å². The lowest BCUT2D eigenvalue weighted by molar-refractivity contribution is -0.233. The van der Waals surface area contributed by atoms with E-state index in [-0.39, 0.29) is 30.7 Å². The molecule has 3 fully saturated rings. The van der Waals surface area contributed by atoms with Crippen LogP contribution in [0.25, 0.3) is 0 Å². The Hall–Kier alpha value is -0.240. The monoisotopic (exact) mass is 287 g/mol. The number of hydrogen-bond donors (Lipinski definition) is 1. The Morgan fingerprint density at radius 1 is 1.25 bits per heavy atom. The van der Waals surface area contributed by atoms with E-state index in [1.165, 1.54) is 0 Å². The van der Waals surface area contributed by atoms with Crippen LogP contribution in [0.2, 0.25) is 0 Å². The van der Waals surface area contributed by atoms with Crippen LogP contribution in [0.4, 0.5) is 0 Å². The van der Waals surface area contributed by atoms with E-state index in [2.05, 4.69) is 5.32 Å². The maximum absolute atomic E-state index is 5.96. The fourth-order valence-corrected chi connectivity index (χ4v) is 3.16. The molecule has 0 aromatic carbocycles. The highest BCUT2D eigenvalue weighted by Gasteiger charge is 2.55. The van der Waals surface area contributed by atoms with Gasteiger partial charge in [-0.05, 0) is 33.2 Å². The van der Waals surface area contributed by atoms with Gasteiger partial charge < -0.3 is 29.0 Å². The highest BCUT2D eigenvalue weighted by Crippen LogP contribution is 2.39. The van der Waals surface area contributed by atoms with Crippen LogP contribution in [0.5, 0.6) is 0 Å². The molecule has 3 saturated heterocycles. The van der Waals surface area contributed by atoms with Gasteiger partial charge in [0.1, 0.15) is 18.3 Å². The molecule has 3 heterocycles. The molecule has 116 valence electrons. The normalized spacial score (nSPS) is 43.6. The summed E-state index contributed by atoms with van der Waals surface area (Å²) >= 11 is 0. The zero-order valence-electron chi connectivity index (χ0n) is 12.5. The molecular formula is C14H25NO5. The number of hydrogen-bond acceptors (Lipinski definition) is 6. The maximum atomic E-state index is 5.96. The summed E-state index contributed by atoms with van der Waals surface area (Å²) in [4.78, 5) is 0. The molecule has 20 heavy (non-hydrogen) atoms. The SMILES string of the molecule is COC1OC(COC2CCCNC2)C2OC(C)(C)OC12. The second-order valence-corrected chi connectivity index (χ2v) is 6.15. The molecule has 0 amide bonds. The summed E-state index contributed by atoms with van der Waals surface area (Å²) in [5.41, 5.74) is 0. The van der Waals surface area contributed by atoms with Crippen molar-refractivity contribution in [1.29, 1.82) is 0 Å². The number of ether oxygens (including phenoxy) is 5. The summed E-state index contributed by atoms with van der Waals surface area (Å²) in [6.07, 6.45) is 1.73. The molecule has 0 bridgehead atoms. The van der Waals surface area contributed by atoms with Gasteiger partial charge in [-0.2, -0.15) is 0 Å². The van der Waals surface area contributed by atoms with Gasteiger partial charge in [0.25, 0.3) is 0 Å². The zero-order chi connectivity index (χ0) is 14.2. The van der Waals surface area contributed by atoms with Crippen LogP contribution in [0.1, 0.15) is 26.7 Å². The Balaban J connectivity index is 1.56. The minimum atomic E-state index is -0.583. The van der Waals surface area contributed by atoms with Crippen molar-refractivity contribution < 1.29 is 23.7 Å². The lowest BCUT2D eigenvalue weighted by atomic mass is 10.1. The first kappa shape index (κ1) is 14.7. The molecule has 5 atom stereocenters. The molecular weight excluding hydrogens is 262 g/mol. The Morgan fingerprint density at radius 2 is 2.05 bits per heavy atom. The fourth-order valence-electron chi connectivity index (χ4n) is 3.16. The minimum absolute atomic E-state index is 0.119. The molecule has 3 rings (SSSR count). The van der Waals surface area contributed by atoms with Crippen LogP contribution in [-0.4, -0.2) is 63.3 Å². The molecule has 5 unspecified atom stereocenters. The molecule has 0 aromatic heterocycles. The van der Waals surface area contributed by atoms with Gasteiger partial charge in [0.15, 0.2) is 12.1 Å². The highest BCUT2D eigenvalue weighted by atomic mass is 16.8. The van der Waals surface area contributed by atoms with Crippen LogP contribution < -0.4 is 5.32 Å². The summed E-state index contributed by atoms with van der Waals surface area (Å²) in [7, 11) is 1.63. The largest absolute Gasteiger partial charge is 0.374 e. The lowest BCUT2D eigenvalue weighted by Gasteiger charge is -2.27. The fraction of sp³-hybridized carbons (Fsp3) is 1.00. The molecule has 6 heteroatoms. The maximum Gasteiger partial charge on any atom is 0.186 e. The summed E-state index contributed by atoms with van der Waals surface area (Å²) in [5.74, 6) is -0.583. The van der Waals surface area contributed by atoms with E-state index in [1.54, 1.807) is 7.11 Å². The van der Waals surface area contributed by atoms with Gasteiger partial charge in [0.05, 0.1) is 12.7 Å². The molecule has 0 aliphatic carbocycles. The van der Waals surface area contributed by atoms with Crippen molar-refractivity contribution in [3.05, 3.63) is 0 Å². The summed E-state index contributed by atoms with van der Waals surface area (Å²) < 4.78 is 28.9. The first-order chi connectivity index (χ1) is 9.59. The van der Waals surface area contributed by atoms with E-state index in [0.717, 1.165) is 25.9 Å². The third kappa shape index (κ3) is 3.00. The van der Waals surface area contributed by atoms with Crippen molar-refractivity contribution >= 4 is 0 Å². The first-order valence-corrected chi connectivity index (χ1v) is 7.45. The van der Waals surface area contributed by atoms with Crippen molar-refractivity contribution in [1.82, 2.24) is 5.32 Å². The highest BCUT2D eigenvalue weighted by molar-refractivity contribution is 4.95. The molecule has 6 nitrogen and oxygen atoms in total. The van der Waals surface area contributed by atoms with Gasteiger partial charge in [-0.3, -0.25) is 0 Å². The second-order valence-electron chi connectivity index (χ2n) is 6.15. The number of rotatable bonds is 4. The standard InChI is InChI=1S/C14H25NO5/c1-14(2)19-11-10(18-13(16-3)12(11)20-14)8-17-9-5-4-6-15-7-9/h9-13,15H,4-8H2,1-3H3. The number of methoxy groups -OCH3 is 1. The predicted octanol–water partition coefficient (Wildman–Crippen LogP) is 0.646. The molecule has 0 radical (unpaired) electrons. The Bertz CT molecular complexity index is 332. The molecule has 0 spiro atoms. The molecule has 0 aromatic rings. The quantitative estimate of drug-likeness (QED) is 0.819. The van der Waals surface area contributed by atoms with Crippen LogP contribution in [0.3, 0.4) is 0 Å². The van der Waals surface area contributed by atoms with Crippen molar-refractivity contribution in [2.45, 2.75) is 63.2 Å². The molecule has 3 aliphatic rings. The summed E-state index contributed by atoms with van der Waals surface area (Å²) in [6.45, 7) is 6.35. The average Bonchev–Trinajstić information content (AvgIpc) is 2.91. The van der Waals surface area contributed by atoms with Gasteiger partial charge >= 0.3 is 0 Å². The van der Waals surface area contributed by atoms with E-state index < -0.39 is 5.79 Å². The van der Waals surface area contributed by atoms with Gasteiger partial charge in [-0.15, -0.1) is 0 Å². The number of piperidine rings is 1. The Kier molecular flexibility index (Phi) is 4.31. The topological polar surface area (TPSA) is 58.2 Å². The van der Waals surface area contributed by atoms with Gasteiger partial charge in [0.2, 0.25) is 0 Å². The number of fused-ring (bicyclic) bond motifs is 1. The summed E-state index contributed by atoms with van der Waals surface area (Å²) in [6, 6.07) is 0. The van der Waals surface area contributed by atoms with E-state index in [0.29, 0.717) is 6.61 Å². The number of nitrogens with one attached hydrogen (secondary N) is 1. The molecule has 0 saturated carbocycles. The van der Waals surface area contributed by atoms with Crippen molar-refractivity contribution in [3.8, 4) is 0 Å². The van der Waals surface area contributed by atoms with E-state index in [1.807, 2.05) is 13.8 Å². The lowest BCUT2D eigenvalue weighted by Crippen LogP contribution is -2.39. The van der Waals surface area contributed by atoms with Crippen molar-refractivity contribution in [3.63, 3.8) is 0 Å². The third-order valence-electron chi connectivity index (χ3n) is 4.09. The minimum Gasteiger partial charge on any atom is -0.374 e. The third-order valence-corrected chi connectivity index (χ3v) is 4.09. The summed E-state index contributed by atoms with van der Waals surface area (Å²) in [5, 5.41) is 3.34. The molecule has 1 N–H and O–H groups in total. The van der Waals surface area contributed by atoms with Gasteiger partial charge in [-0.25, -0.2) is 0 Å². The zero-order valence-corrected chi connectivity index (χ0v) is 12.5. The van der Waals surface area contributed by atoms with E-state index in [9.17, 15) is 0 Å². The van der Waals surface area contributed by atoms with Crippen LogP contribution >= 0.6 is 0 Å². The average molecular weight is 287 g/mol. The van der Waals surface area contributed by atoms with Crippen LogP contribution in [0.15, 0.2) is 0 Å². The van der Waals surface area contributed by atoms with Crippen LogP contribution in [-0.2, 0) is 23.7 Å². The van der Waals surface area contributed by atoms with Gasteiger partial charge in [0, 0.05) is 13.7 Å². The predicted molar refractivity (Wildman–Crippen MR) is 71.3 cm³/mol. The second kappa shape index (κ2) is 5.87.